The molecular weight excluding hydrogens is 1000 g/mol. The SMILES string of the molecule is CNCCOCCOCCNC(=O)CCC(=O)NCCOCCOCCNC(=O)CCC(=O)N[C@@H](CCCCNC(=O)CCCCn1cc(COC(=O)NCCCC(O)(O[P+](=O)O)O[P+](=O)O)nn1)C(N)=O. The maximum Gasteiger partial charge on any atom is 0.700 e. The van der Waals surface area contributed by atoms with Crippen LogP contribution in [0.1, 0.15) is 82.7 Å². The third-order valence-electron chi connectivity index (χ3n) is 9.38. The Bertz CT molecular complexity index is 1770. The van der Waals surface area contributed by atoms with Crippen molar-refractivity contribution in [3.05, 3.63) is 11.9 Å². The average Bonchev–Trinajstić information content (AvgIpc) is 3.78. The molecule has 0 bridgehead atoms. The van der Waals surface area contributed by atoms with E-state index in [1.54, 1.807) is 6.20 Å². The van der Waals surface area contributed by atoms with Gasteiger partial charge in [0.25, 0.3) is 0 Å². The second-order valence-corrected chi connectivity index (χ2v) is 16.7. The van der Waals surface area contributed by atoms with Gasteiger partial charge in [0.15, 0.2) is 0 Å². The van der Waals surface area contributed by atoms with E-state index in [4.69, 9.17) is 39.2 Å². The van der Waals surface area contributed by atoms with E-state index in [9.17, 15) is 47.8 Å². The Labute approximate surface area is 418 Å². The molecule has 0 aliphatic rings. The molecule has 0 fully saturated rings. The highest BCUT2D eigenvalue weighted by Gasteiger charge is 2.47. The molecule has 1 rings (SSSR count). The van der Waals surface area contributed by atoms with Crippen LogP contribution in [0.3, 0.4) is 0 Å². The van der Waals surface area contributed by atoms with Crippen LogP contribution in [0.15, 0.2) is 6.20 Å². The number of unbranched alkanes of at least 4 members (excludes halogenated alkanes) is 2. The van der Waals surface area contributed by atoms with Crippen LogP contribution in [0.2, 0.25) is 0 Å². The number of nitrogens with two attached hydrogens (primary N) is 1. The van der Waals surface area contributed by atoms with E-state index >= 15 is 0 Å². The predicted molar refractivity (Wildman–Crippen MR) is 251 cm³/mol. The third-order valence-corrected chi connectivity index (χ3v) is 10.3. The number of rotatable bonds is 46. The van der Waals surface area contributed by atoms with Crippen molar-refractivity contribution in [2.24, 2.45) is 5.73 Å². The van der Waals surface area contributed by atoms with E-state index in [1.807, 2.05) is 7.05 Å². The monoisotopic (exact) mass is 1070 g/mol. The number of carbonyl (C=O) groups excluding carboxylic acids is 7. The average molecular weight is 1070 g/mol. The third kappa shape index (κ3) is 37.8. The number of carbonyl (C=O) groups is 7. The summed E-state index contributed by atoms with van der Waals surface area (Å²) in [6.07, 6.45) is 2.51. The molecule has 3 atom stereocenters. The number of aliphatic hydroxyl groups is 1. The number of hydrogen-bond donors (Lipinski definition) is 11. The molecule has 12 N–H and O–H groups in total. The molecule has 1 aromatic rings. The van der Waals surface area contributed by atoms with Gasteiger partial charge in [-0.2, -0.15) is 0 Å². The van der Waals surface area contributed by atoms with Gasteiger partial charge < -0.3 is 71.7 Å². The summed E-state index contributed by atoms with van der Waals surface area (Å²) in [7, 11) is -4.87. The van der Waals surface area contributed by atoms with Crippen molar-refractivity contribution in [1.82, 2.24) is 52.2 Å². The van der Waals surface area contributed by atoms with E-state index in [0.717, 1.165) is 6.54 Å². The van der Waals surface area contributed by atoms with Gasteiger partial charge in [0.2, 0.25) is 35.4 Å². The van der Waals surface area contributed by atoms with Crippen LogP contribution in [-0.4, -0.2) is 183 Å². The van der Waals surface area contributed by atoms with E-state index in [-0.39, 0.29) is 121 Å². The summed E-state index contributed by atoms with van der Waals surface area (Å²) in [5, 5.41) is 36.5. The Kier molecular flexibility index (Phi) is 37.5. The van der Waals surface area contributed by atoms with Crippen molar-refractivity contribution in [2.75, 3.05) is 99.2 Å². The van der Waals surface area contributed by atoms with Crippen LogP contribution in [0.25, 0.3) is 0 Å². The first-order chi connectivity index (χ1) is 34.5. The van der Waals surface area contributed by atoms with Crippen molar-refractivity contribution < 1.29 is 90.3 Å². The molecule has 72 heavy (non-hydrogen) atoms. The number of aryl methyl sites for hydroxylation is 1. The van der Waals surface area contributed by atoms with Crippen LogP contribution in [0, 0.1) is 0 Å². The summed E-state index contributed by atoms with van der Waals surface area (Å²) < 4.78 is 58.2. The van der Waals surface area contributed by atoms with Crippen LogP contribution in [0.4, 0.5) is 4.79 Å². The van der Waals surface area contributed by atoms with Gasteiger partial charge in [0, 0.05) is 93.5 Å². The minimum atomic E-state index is -3.36. The van der Waals surface area contributed by atoms with Crippen LogP contribution >= 0.6 is 16.5 Å². The topological polar surface area (TPSA) is 420 Å². The fourth-order valence-electron chi connectivity index (χ4n) is 5.79. The highest BCUT2D eigenvalue weighted by Crippen LogP contribution is 2.35. The molecule has 0 radical (unpaired) electrons. The maximum atomic E-state index is 12.4. The van der Waals surface area contributed by atoms with Crippen molar-refractivity contribution in [3.63, 3.8) is 0 Å². The number of ether oxygens (including phenoxy) is 5. The highest BCUT2D eigenvalue weighted by molar-refractivity contribution is 7.33. The van der Waals surface area contributed by atoms with Crippen LogP contribution in [0.5, 0.6) is 0 Å². The van der Waals surface area contributed by atoms with Crippen molar-refractivity contribution >= 4 is 58.0 Å². The number of nitrogens with one attached hydrogen (secondary N) is 7. The number of aromatic nitrogens is 3. The first-order valence-electron chi connectivity index (χ1n) is 23.4. The fraction of sp³-hybridized carbons (Fsp3) is 0.775. The number of hydrogen-bond acceptors (Lipinski definition) is 20. The molecule has 0 aliphatic carbocycles. The second kappa shape index (κ2) is 41.5. The highest BCUT2D eigenvalue weighted by atomic mass is 31.1. The largest absolute Gasteiger partial charge is 0.700 e. The molecule has 32 heteroatoms. The quantitative estimate of drug-likeness (QED) is 0.0189. The zero-order chi connectivity index (χ0) is 53.2. The second-order valence-electron chi connectivity index (χ2n) is 15.4. The minimum Gasteiger partial charge on any atom is -0.443 e. The van der Waals surface area contributed by atoms with E-state index in [2.05, 4.69) is 56.6 Å². The molecule has 30 nitrogen and oxygen atoms in total. The summed E-state index contributed by atoms with van der Waals surface area (Å²) in [6.45, 7) is 4.82. The van der Waals surface area contributed by atoms with Crippen LogP contribution < -0.4 is 43.0 Å². The first-order valence-corrected chi connectivity index (χ1v) is 25.6. The van der Waals surface area contributed by atoms with Gasteiger partial charge in [0.05, 0.1) is 59.1 Å². The molecule has 1 aromatic heterocycles. The first kappa shape index (κ1) is 65.0. The van der Waals surface area contributed by atoms with Crippen LogP contribution in [-0.2, 0) is 83.8 Å². The van der Waals surface area contributed by atoms with Crippen molar-refractivity contribution in [3.8, 4) is 0 Å². The smallest absolute Gasteiger partial charge is 0.443 e. The van der Waals surface area contributed by atoms with Gasteiger partial charge in [-0.3, -0.25) is 33.4 Å². The van der Waals surface area contributed by atoms with Crippen molar-refractivity contribution in [1.29, 1.82) is 0 Å². The van der Waals surface area contributed by atoms with Gasteiger partial charge in [-0.05, 0) is 54.6 Å². The lowest BCUT2D eigenvalue weighted by molar-refractivity contribution is -0.277. The Hall–Kier alpha value is -4.97. The number of nitrogens with zero attached hydrogens (tertiary/aromatic N) is 3. The molecule has 410 valence electrons. The Morgan fingerprint density at radius 2 is 1.12 bits per heavy atom. The zero-order valence-electron chi connectivity index (χ0n) is 40.6. The molecule has 0 spiro atoms. The Morgan fingerprint density at radius 1 is 0.639 bits per heavy atom. The molecule has 0 aromatic carbocycles. The summed E-state index contributed by atoms with van der Waals surface area (Å²) >= 11 is 0. The maximum absolute atomic E-state index is 12.4. The molecule has 0 saturated carbocycles. The molecule has 2 unspecified atom stereocenters. The zero-order valence-corrected chi connectivity index (χ0v) is 42.4. The molecular formula is C40H73N11O19P2+2. The van der Waals surface area contributed by atoms with Gasteiger partial charge in [-0.15, -0.1) is 14.9 Å². The molecule has 0 saturated heterocycles. The summed E-state index contributed by atoms with van der Waals surface area (Å²) in [6, 6.07) is -0.942. The summed E-state index contributed by atoms with van der Waals surface area (Å²) in [5.74, 6) is -5.13. The van der Waals surface area contributed by atoms with E-state index in [1.165, 1.54) is 4.68 Å². The van der Waals surface area contributed by atoms with Gasteiger partial charge >= 0.3 is 28.6 Å². The van der Waals surface area contributed by atoms with Gasteiger partial charge in [-0.1, -0.05) is 5.21 Å². The number of likely N-dealkylation sites (N-methyl/N-ethyl adjacent to an activating group) is 1. The van der Waals surface area contributed by atoms with E-state index < -0.39 is 52.9 Å². The minimum absolute atomic E-state index is 0.0439. The predicted octanol–water partition coefficient (Wildman–Crippen LogP) is -2.12. The number of primary amides is 1. The van der Waals surface area contributed by atoms with E-state index in [0.29, 0.717) is 77.4 Å². The fourth-order valence-corrected chi connectivity index (χ4v) is 6.59. The summed E-state index contributed by atoms with van der Waals surface area (Å²) in [5.41, 5.74) is 5.81. The molecule has 0 aliphatic heterocycles. The lowest BCUT2D eigenvalue weighted by atomic mass is 10.1. The molecule has 7 amide bonds. The van der Waals surface area contributed by atoms with Crippen molar-refractivity contribution in [2.45, 2.75) is 102 Å². The summed E-state index contributed by atoms with van der Waals surface area (Å²) in [4.78, 5) is 102. The van der Waals surface area contributed by atoms with Gasteiger partial charge in [0.1, 0.15) is 18.3 Å². The normalized spacial score (nSPS) is 12.7. The Morgan fingerprint density at radius 3 is 1.64 bits per heavy atom. The molecule has 1 heterocycles. The Balaban J connectivity index is 2.05. The number of amides is 7. The standard InChI is InChI=1S/C40H71N11O19P2/c1-42-16-21-64-25-26-65-22-17-44-34(53)9-10-35(54)45-18-23-66-27-28-67-24-19-46-36(55)11-12-37(56)48-32(38(41)57)7-2-4-14-43-33(52)8-3-5-20-51-29-31(49-50-51)30-68-39(58)47-15-6-13-40(59,69-71(60)61)70-72(62)63/h29,32,42,59H,2-28,30H2,1H3,(H8-2,41,43,44,45,46,47,48,52,53,54,55,56,57,58,60,61,62,63)/p+2/t32-/m0/s1. The van der Waals surface area contributed by atoms with Gasteiger partial charge in [-0.25, -0.2) is 4.79 Å². The lowest BCUT2D eigenvalue weighted by Crippen LogP contribution is -2.44. The number of alkyl carbamates (subject to hydrolysis) is 1. The lowest BCUT2D eigenvalue weighted by Gasteiger charge is -2.15.